The molecule has 0 spiro atoms. The van der Waals surface area contributed by atoms with E-state index in [9.17, 15) is 4.79 Å². The largest absolute Gasteiger partial charge is 0.370 e. The molecule has 2 heterocycles. The van der Waals surface area contributed by atoms with Crippen LogP contribution in [0, 0.1) is 0 Å². The number of carbonyl (C=O) groups excluding carboxylic acids is 1. The number of rotatable bonds is 4. The first-order valence-corrected chi connectivity index (χ1v) is 5.71. The van der Waals surface area contributed by atoms with E-state index in [2.05, 4.69) is 15.1 Å². The predicted molar refractivity (Wildman–Crippen MR) is 60.8 cm³/mol. The van der Waals surface area contributed by atoms with Crippen LogP contribution in [0.5, 0.6) is 0 Å². The maximum atomic E-state index is 10.6. The Labute approximate surface area is 96.2 Å². The molecule has 84 valence electrons. The van der Waals surface area contributed by atoms with E-state index in [1.54, 1.807) is 10.9 Å². The number of primary amides is 1. The van der Waals surface area contributed by atoms with Gasteiger partial charge in [0.25, 0.3) is 0 Å². The first-order valence-electron chi connectivity index (χ1n) is 4.72. The third-order valence-corrected chi connectivity index (χ3v) is 3.09. The van der Waals surface area contributed by atoms with E-state index in [1.165, 1.54) is 18.1 Å². The Balaban J connectivity index is 2.20. The van der Waals surface area contributed by atoms with Gasteiger partial charge in [0, 0.05) is 19.2 Å². The molecule has 0 unspecified atom stereocenters. The van der Waals surface area contributed by atoms with Gasteiger partial charge in [-0.1, -0.05) is 0 Å². The van der Waals surface area contributed by atoms with Crippen LogP contribution in [0.15, 0.2) is 17.6 Å². The molecule has 2 aromatic rings. The van der Waals surface area contributed by atoms with Crippen molar-refractivity contribution in [2.75, 3.05) is 5.75 Å². The summed E-state index contributed by atoms with van der Waals surface area (Å²) >= 11 is 1.49. The number of nitrogens with two attached hydrogens (primary N) is 1. The Bertz CT molecular complexity index is 524. The number of aryl methyl sites for hydroxylation is 1. The zero-order chi connectivity index (χ0) is 11.5. The van der Waals surface area contributed by atoms with Gasteiger partial charge in [0.15, 0.2) is 5.65 Å². The average Bonchev–Trinajstić information content (AvgIpc) is 2.61. The van der Waals surface area contributed by atoms with Gasteiger partial charge >= 0.3 is 0 Å². The number of carbonyl (C=O) groups is 1. The maximum absolute atomic E-state index is 10.6. The molecule has 2 rings (SSSR count). The lowest BCUT2D eigenvalue weighted by atomic mass is 10.4. The quantitative estimate of drug-likeness (QED) is 0.611. The van der Waals surface area contributed by atoms with Crippen LogP contribution in [0.2, 0.25) is 0 Å². The van der Waals surface area contributed by atoms with Gasteiger partial charge in [0.05, 0.1) is 11.6 Å². The maximum Gasteiger partial charge on any atom is 0.218 e. The number of thioether (sulfide) groups is 1. The van der Waals surface area contributed by atoms with Gasteiger partial charge < -0.3 is 5.73 Å². The van der Waals surface area contributed by atoms with Crippen molar-refractivity contribution in [2.45, 2.75) is 11.4 Å². The Morgan fingerprint density at radius 2 is 2.38 bits per heavy atom. The second kappa shape index (κ2) is 4.48. The van der Waals surface area contributed by atoms with E-state index in [0.29, 0.717) is 12.2 Å². The summed E-state index contributed by atoms with van der Waals surface area (Å²) in [7, 11) is 1.83. The van der Waals surface area contributed by atoms with Crippen LogP contribution in [-0.2, 0) is 11.8 Å². The summed E-state index contributed by atoms with van der Waals surface area (Å²) in [5, 5.41) is 5.84. The highest BCUT2D eigenvalue weighted by Crippen LogP contribution is 2.23. The van der Waals surface area contributed by atoms with Crippen molar-refractivity contribution in [1.82, 2.24) is 19.7 Å². The van der Waals surface area contributed by atoms with Gasteiger partial charge in [0.2, 0.25) is 5.91 Å². The SMILES string of the molecule is Cn1ncc2c(SCCC(N)=O)ncnc21. The van der Waals surface area contributed by atoms with Crippen molar-refractivity contribution < 1.29 is 4.79 Å². The van der Waals surface area contributed by atoms with Crippen molar-refractivity contribution in [3.63, 3.8) is 0 Å². The van der Waals surface area contributed by atoms with Crippen LogP contribution in [0.3, 0.4) is 0 Å². The van der Waals surface area contributed by atoms with Crippen molar-refractivity contribution in [3.05, 3.63) is 12.5 Å². The molecule has 0 saturated carbocycles. The molecule has 2 aromatic heterocycles. The Hall–Kier alpha value is -1.63. The molecule has 0 aliphatic rings. The molecule has 2 N–H and O–H groups in total. The van der Waals surface area contributed by atoms with Crippen LogP contribution in [0.1, 0.15) is 6.42 Å². The number of hydrogen-bond donors (Lipinski definition) is 1. The van der Waals surface area contributed by atoms with Crippen LogP contribution in [0.25, 0.3) is 11.0 Å². The molecule has 0 aliphatic carbocycles. The summed E-state index contributed by atoms with van der Waals surface area (Å²) in [6.07, 6.45) is 3.56. The topological polar surface area (TPSA) is 86.7 Å². The Morgan fingerprint density at radius 3 is 3.12 bits per heavy atom. The standard InChI is InChI=1S/C9H11N5OS/c1-14-8-6(4-13-14)9(12-5-11-8)16-3-2-7(10)15/h4-5H,2-3H2,1H3,(H2,10,15). The fraction of sp³-hybridized carbons (Fsp3) is 0.333. The van der Waals surface area contributed by atoms with Gasteiger partial charge in [0.1, 0.15) is 11.4 Å². The van der Waals surface area contributed by atoms with Gasteiger partial charge in [-0.25, -0.2) is 9.97 Å². The lowest BCUT2D eigenvalue weighted by Gasteiger charge is -2.00. The fourth-order valence-electron chi connectivity index (χ4n) is 1.30. The van der Waals surface area contributed by atoms with Crippen molar-refractivity contribution in [2.24, 2.45) is 12.8 Å². The van der Waals surface area contributed by atoms with E-state index in [1.807, 2.05) is 7.05 Å². The minimum absolute atomic E-state index is 0.302. The molecule has 1 amide bonds. The first-order chi connectivity index (χ1) is 7.68. The zero-order valence-electron chi connectivity index (χ0n) is 8.75. The van der Waals surface area contributed by atoms with E-state index >= 15 is 0 Å². The summed E-state index contributed by atoms with van der Waals surface area (Å²) in [6, 6.07) is 0. The average molecular weight is 237 g/mol. The zero-order valence-corrected chi connectivity index (χ0v) is 9.57. The lowest BCUT2D eigenvalue weighted by Crippen LogP contribution is -2.10. The highest BCUT2D eigenvalue weighted by atomic mass is 32.2. The van der Waals surface area contributed by atoms with E-state index in [0.717, 1.165) is 16.1 Å². The van der Waals surface area contributed by atoms with E-state index in [4.69, 9.17) is 5.73 Å². The molecule has 0 radical (unpaired) electrons. The van der Waals surface area contributed by atoms with Crippen molar-refractivity contribution in [3.8, 4) is 0 Å². The molecule has 16 heavy (non-hydrogen) atoms. The molecule has 0 bridgehead atoms. The summed E-state index contributed by atoms with van der Waals surface area (Å²) < 4.78 is 1.69. The minimum Gasteiger partial charge on any atom is -0.370 e. The Kier molecular flexibility index (Phi) is 3.04. The number of aromatic nitrogens is 4. The second-order valence-corrected chi connectivity index (χ2v) is 4.33. The molecule has 6 nitrogen and oxygen atoms in total. The fourth-order valence-corrected chi connectivity index (χ4v) is 2.22. The number of fused-ring (bicyclic) bond motifs is 1. The molecule has 0 atom stereocenters. The highest BCUT2D eigenvalue weighted by molar-refractivity contribution is 7.99. The predicted octanol–water partition coefficient (Wildman–Crippen LogP) is 0.331. The van der Waals surface area contributed by atoms with Gasteiger partial charge in [-0.2, -0.15) is 5.10 Å². The van der Waals surface area contributed by atoms with Crippen molar-refractivity contribution >= 4 is 28.7 Å². The molecule has 0 aromatic carbocycles. The molecule has 7 heteroatoms. The lowest BCUT2D eigenvalue weighted by molar-refractivity contribution is -0.117. The normalized spacial score (nSPS) is 10.8. The Morgan fingerprint density at radius 1 is 1.56 bits per heavy atom. The third kappa shape index (κ3) is 2.13. The summed E-state index contributed by atoms with van der Waals surface area (Å²) in [5.74, 6) is 0.320. The number of hydrogen-bond acceptors (Lipinski definition) is 5. The molecule has 0 aliphatic heterocycles. The van der Waals surface area contributed by atoms with Crippen molar-refractivity contribution in [1.29, 1.82) is 0 Å². The molecular weight excluding hydrogens is 226 g/mol. The summed E-state index contributed by atoms with van der Waals surface area (Å²) in [5.41, 5.74) is 5.86. The first kappa shape index (κ1) is 10.9. The minimum atomic E-state index is -0.302. The van der Waals surface area contributed by atoms with Gasteiger partial charge in [-0.15, -0.1) is 11.8 Å². The van der Waals surface area contributed by atoms with E-state index in [-0.39, 0.29) is 5.91 Å². The smallest absolute Gasteiger partial charge is 0.218 e. The third-order valence-electron chi connectivity index (χ3n) is 2.08. The van der Waals surface area contributed by atoms with Crippen LogP contribution < -0.4 is 5.73 Å². The summed E-state index contributed by atoms with van der Waals surface area (Å²) in [6.45, 7) is 0. The highest BCUT2D eigenvalue weighted by Gasteiger charge is 2.08. The molecule has 0 fully saturated rings. The van der Waals surface area contributed by atoms with Crippen LogP contribution >= 0.6 is 11.8 Å². The monoisotopic (exact) mass is 237 g/mol. The number of amides is 1. The van der Waals surface area contributed by atoms with Crippen LogP contribution in [0.4, 0.5) is 0 Å². The second-order valence-electron chi connectivity index (χ2n) is 3.25. The molecular formula is C9H11N5OS. The van der Waals surface area contributed by atoms with Gasteiger partial charge in [-0.3, -0.25) is 9.48 Å². The summed E-state index contributed by atoms with van der Waals surface area (Å²) in [4.78, 5) is 18.9. The van der Waals surface area contributed by atoms with Gasteiger partial charge in [-0.05, 0) is 0 Å². The number of nitrogens with zero attached hydrogens (tertiary/aromatic N) is 4. The van der Waals surface area contributed by atoms with E-state index < -0.39 is 0 Å². The molecule has 0 saturated heterocycles. The van der Waals surface area contributed by atoms with Crippen LogP contribution in [-0.4, -0.2) is 31.4 Å².